The van der Waals surface area contributed by atoms with Gasteiger partial charge in [-0.15, -0.1) is 0 Å². The predicted octanol–water partition coefficient (Wildman–Crippen LogP) is 2.21. The molecule has 0 spiro atoms. The highest BCUT2D eigenvalue weighted by Gasteiger charge is 2.27. The van der Waals surface area contributed by atoms with Crippen molar-refractivity contribution in [1.82, 2.24) is 5.32 Å². The largest absolute Gasteiger partial charge is 0.495 e. The van der Waals surface area contributed by atoms with Crippen LogP contribution in [0.15, 0.2) is 18.2 Å². The summed E-state index contributed by atoms with van der Waals surface area (Å²) < 4.78 is 30.6. The summed E-state index contributed by atoms with van der Waals surface area (Å²) >= 11 is 0. The number of nitrogens with zero attached hydrogens (tertiary/aromatic N) is 2. The summed E-state index contributed by atoms with van der Waals surface area (Å²) in [6, 6.07) is 3.65. The van der Waals surface area contributed by atoms with Gasteiger partial charge >= 0.3 is 0 Å². The number of non-ortho nitro benzene ring substituents is 1. The van der Waals surface area contributed by atoms with Crippen molar-refractivity contribution in [3.05, 3.63) is 28.3 Å². The summed E-state index contributed by atoms with van der Waals surface area (Å²) in [7, 11) is -2.54. The quantitative estimate of drug-likeness (QED) is 0.426. The van der Waals surface area contributed by atoms with E-state index in [2.05, 4.69) is 5.32 Å². The molecular weight excluding hydrogens is 374 g/mol. The Labute approximate surface area is 158 Å². The molecule has 10 heteroatoms. The SMILES string of the molecule is COc1ccc([N+](=O)[O-])cc1N(CC(=O)NC1CCCCCC1)S(C)(=O)=O. The molecule has 1 amide bonds. The second-order valence-electron chi connectivity index (χ2n) is 6.64. The lowest BCUT2D eigenvalue weighted by molar-refractivity contribution is -0.384. The van der Waals surface area contributed by atoms with E-state index in [9.17, 15) is 23.3 Å². The minimum atomic E-state index is -3.87. The van der Waals surface area contributed by atoms with Crippen LogP contribution in [-0.4, -0.2) is 45.2 Å². The van der Waals surface area contributed by atoms with E-state index in [1.165, 1.54) is 19.2 Å². The molecule has 0 saturated heterocycles. The van der Waals surface area contributed by atoms with E-state index in [1.807, 2.05) is 0 Å². The Balaban J connectivity index is 2.26. The van der Waals surface area contributed by atoms with Crippen molar-refractivity contribution < 1.29 is 22.9 Å². The van der Waals surface area contributed by atoms with Crippen LogP contribution in [0.25, 0.3) is 0 Å². The zero-order chi connectivity index (χ0) is 20.0. The fourth-order valence-corrected chi connectivity index (χ4v) is 4.05. The first-order chi connectivity index (χ1) is 12.7. The fourth-order valence-electron chi connectivity index (χ4n) is 3.20. The summed E-state index contributed by atoms with van der Waals surface area (Å²) in [6.07, 6.45) is 7.00. The average molecular weight is 399 g/mol. The smallest absolute Gasteiger partial charge is 0.271 e. The maximum atomic E-state index is 12.5. The number of hydrogen-bond acceptors (Lipinski definition) is 6. The van der Waals surface area contributed by atoms with Gasteiger partial charge in [-0.25, -0.2) is 8.42 Å². The molecule has 0 bridgehead atoms. The number of ether oxygens (including phenoxy) is 1. The molecule has 1 aliphatic rings. The third-order valence-corrected chi connectivity index (χ3v) is 5.68. The van der Waals surface area contributed by atoms with Gasteiger partial charge in [0.1, 0.15) is 18.0 Å². The zero-order valence-electron chi connectivity index (χ0n) is 15.5. The number of methoxy groups -OCH3 is 1. The predicted molar refractivity (Wildman–Crippen MR) is 101 cm³/mol. The van der Waals surface area contributed by atoms with Crippen molar-refractivity contribution in [2.75, 3.05) is 24.2 Å². The van der Waals surface area contributed by atoms with E-state index in [0.717, 1.165) is 55.2 Å². The minimum Gasteiger partial charge on any atom is -0.495 e. The fraction of sp³-hybridized carbons (Fsp3) is 0.588. The molecule has 1 aliphatic carbocycles. The first-order valence-corrected chi connectivity index (χ1v) is 10.7. The first-order valence-electron chi connectivity index (χ1n) is 8.82. The minimum absolute atomic E-state index is 0.0217. The number of carbonyl (C=O) groups excluding carboxylic acids is 1. The monoisotopic (exact) mass is 399 g/mol. The van der Waals surface area contributed by atoms with Crippen molar-refractivity contribution in [2.45, 2.75) is 44.6 Å². The number of nitro benzene ring substituents is 1. The van der Waals surface area contributed by atoms with Gasteiger partial charge in [0.15, 0.2) is 0 Å². The van der Waals surface area contributed by atoms with Crippen LogP contribution in [0.4, 0.5) is 11.4 Å². The van der Waals surface area contributed by atoms with E-state index in [1.54, 1.807) is 0 Å². The second-order valence-corrected chi connectivity index (χ2v) is 8.55. The summed E-state index contributed by atoms with van der Waals surface area (Å²) in [4.78, 5) is 22.9. The molecular formula is C17H25N3O6S. The van der Waals surface area contributed by atoms with E-state index < -0.39 is 27.4 Å². The number of benzene rings is 1. The molecule has 0 heterocycles. The number of rotatable bonds is 7. The number of hydrogen-bond donors (Lipinski definition) is 1. The molecule has 27 heavy (non-hydrogen) atoms. The van der Waals surface area contributed by atoms with E-state index in [4.69, 9.17) is 4.74 Å². The van der Waals surface area contributed by atoms with Crippen molar-refractivity contribution >= 4 is 27.3 Å². The summed E-state index contributed by atoms with van der Waals surface area (Å²) in [5.74, 6) is -0.311. The van der Waals surface area contributed by atoms with Crippen LogP contribution in [0, 0.1) is 10.1 Å². The number of nitro groups is 1. The molecule has 0 aliphatic heterocycles. The van der Waals surface area contributed by atoms with Gasteiger partial charge in [0.05, 0.1) is 18.3 Å². The Hall–Kier alpha value is -2.36. The third kappa shape index (κ3) is 5.81. The molecule has 1 N–H and O–H groups in total. The maximum absolute atomic E-state index is 12.5. The lowest BCUT2D eigenvalue weighted by Gasteiger charge is -2.25. The van der Waals surface area contributed by atoms with Crippen LogP contribution in [0.2, 0.25) is 0 Å². The summed E-state index contributed by atoms with van der Waals surface area (Å²) in [5.41, 5.74) is -0.325. The standard InChI is InChI=1S/C17H25N3O6S/c1-26-16-10-9-14(20(22)23)11-15(16)19(27(2,24)25)12-17(21)18-13-7-5-3-4-6-8-13/h9-11,13H,3-8,12H2,1-2H3,(H,18,21). The highest BCUT2D eigenvalue weighted by molar-refractivity contribution is 7.92. The molecule has 9 nitrogen and oxygen atoms in total. The van der Waals surface area contributed by atoms with Crippen molar-refractivity contribution in [3.8, 4) is 5.75 Å². The number of sulfonamides is 1. The molecule has 2 rings (SSSR count). The third-order valence-electron chi connectivity index (χ3n) is 4.55. The van der Waals surface area contributed by atoms with Crippen LogP contribution in [0.3, 0.4) is 0 Å². The topological polar surface area (TPSA) is 119 Å². The van der Waals surface area contributed by atoms with Gasteiger partial charge in [-0.05, 0) is 18.9 Å². The molecule has 1 saturated carbocycles. The lowest BCUT2D eigenvalue weighted by atomic mass is 10.1. The van der Waals surface area contributed by atoms with E-state index in [0.29, 0.717) is 0 Å². The molecule has 0 atom stereocenters. The van der Waals surface area contributed by atoms with Crippen LogP contribution in [-0.2, 0) is 14.8 Å². The average Bonchev–Trinajstić information content (AvgIpc) is 2.86. The first kappa shape index (κ1) is 20.9. The van der Waals surface area contributed by atoms with Gasteiger partial charge in [0.2, 0.25) is 15.9 Å². The van der Waals surface area contributed by atoms with Crippen LogP contribution in [0.5, 0.6) is 5.75 Å². The number of nitrogens with one attached hydrogen (secondary N) is 1. The Bertz CT molecular complexity index is 788. The molecule has 150 valence electrons. The van der Waals surface area contributed by atoms with Gasteiger partial charge in [-0.1, -0.05) is 25.7 Å². The van der Waals surface area contributed by atoms with Gasteiger partial charge in [0.25, 0.3) is 5.69 Å². The number of amides is 1. The van der Waals surface area contributed by atoms with Gasteiger partial charge in [0, 0.05) is 18.2 Å². The molecule has 0 aromatic heterocycles. The van der Waals surface area contributed by atoms with Crippen LogP contribution < -0.4 is 14.4 Å². The molecule has 0 unspecified atom stereocenters. The molecule has 1 aromatic rings. The van der Waals surface area contributed by atoms with Crippen LogP contribution in [0.1, 0.15) is 38.5 Å². The Morgan fingerprint density at radius 3 is 2.44 bits per heavy atom. The Morgan fingerprint density at radius 1 is 1.30 bits per heavy atom. The maximum Gasteiger partial charge on any atom is 0.271 e. The van der Waals surface area contributed by atoms with Gasteiger partial charge in [-0.3, -0.25) is 19.2 Å². The lowest BCUT2D eigenvalue weighted by Crippen LogP contribution is -2.44. The molecule has 0 radical (unpaired) electrons. The van der Waals surface area contributed by atoms with Crippen molar-refractivity contribution in [1.29, 1.82) is 0 Å². The van der Waals surface area contributed by atoms with E-state index >= 15 is 0 Å². The second kappa shape index (κ2) is 9.03. The number of carbonyl (C=O) groups is 1. The highest BCUT2D eigenvalue weighted by Crippen LogP contribution is 2.33. The number of anilines is 1. The van der Waals surface area contributed by atoms with Crippen molar-refractivity contribution in [3.63, 3.8) is 0 Å². The van der Waals surface area contributed by atoms with Gasteiger partial charge in [-0.2, -0.15) is 0 Å². The molecule has 1 aromatic carbocycles. The van der Waals surface area contributed by atoms with Crippen molar-refractivity contribution in [2.24, 2.45) is 0 Å². The summed E-state index contributed by atoms with van der Waals surface area (Å²) in [6.45, 7) is -0.465. The molecule has 1 fully saturated rings. The Kier molecular flexibility index (Phi) is 7.00. The van der Waals surface area contributed by atoms with Crippen LogP contribution >= 0.6 is 0 Å². The Morgan fingerprint density at radius 2 is 1.93 bits per heavy atom. The van der Waals surface area contributed by atoms with E-state index in [-0.39, 0.29) is 23.2 Å². The zero-order valence-corrected chi connectivity index (χ0v) is 16.3. The summed E-state index contributed by atoms with van der Waals surface area (Å²) in [5, 5.41) is 13.9. The van der Waals surface area contributed by atoms with Gasteiger partial charge < -0.3 is 10.1 Å². The normalized spacial score (nSPS) is 15.6. The highest BCUT2D eigenvalue weighted by atomic mass is 32.2.